The van der Waals surface area contributed by atoms with Crippen LogP contribution in [0.3, 0.4) is 0 Å². The van der Waals surface area contributed by atoms with Crippen LogP contribution in [0.5, 0.6) is 0 Å². The maximum absolute atomic E-state index is 12.8. The maximum atomic E-state index is 12.8. The molecular weight excluding hydrogens is 458 g/mol. The van der Waals surface area contributed by atoms with E-state index in [-0.39, 0.29) is 11.8 Å². The number of fused-ring (bicyclic) bond motifs is 1. The van der Waals surface area contributed by atoms with Crippen molar-refractivity contribution in [1.29, 1.82) is 0 Å². The molecule has 3 aromatic rings. The minimum atomic E-state index is -0.133. The molecule has 36 heavy (non-hydrogen) atoms. The number of nitrogens with zero attached hydrogens (tertiary/aromatic N) is 5. The molecule has 2 amide bonds. The molecular formula is C26H33N7O3. The van der Waals surface area contributed by atoms with Crippen LogP contribution in [0.25, 0.3) is 22.3 Å². The number of aromatic amines is 1. The van der Waals surface area contributed by atoms with Gasteiger partial charge in [-0.1, -0.05) is 6.07 Å². The number of H-pyrrole nitrogens is 1. The molecule has 3 aromatic heterocycles. The number of amides is 2. The van der Waals surface area contributed by atoms with Crippen LogP contribution in [0, 0.1) is 0 Å². The molecule has 190 valence electrons. The van der Waals surface area contributed by atoms with Crippen molar-refractivity contribution < 1.29 is 14.3 Å². The number of anilines is 1. The Kier molecular flexibility index (Phi) is 7.43. The summed E-state index contributed by atoms with van der Waals surface area (Å²) in [4.78, 5) is 43.6. The quantitative estimate of drug-likeness (QED) is 0.541. The van der Waals surface area contributed by atoms with Crippen molar-refractivity contribution in [3.8, 4) is 11.3 Å². The van der Waals surface area contributed by atoms with Crippen molar-refractivity contribution >= 4 is 28.7 Å². The highest BCUT2D eigenvalue weighted by Crippen LogP contribution is 2.28. The number of pyridine rings is 2. The Bertz CT molecular complexity index is 1220. The van der Waals surface area contributed by atoms with Gasteiger partial charge in [0.25, 0.3) is 5.91 Å². The summed E-state index contributed by atoms with van der Waals surface area (Å²) in [5.41, 5.74) is 2.97. The summed E-state index contributed by atoms with van der Waals surface area (Å²) in [5.74, 6) is 0.870. The number of ether oxygens (including phenoxy) is 1. The van der Waals surface area contributed by atoms with Crippen LogP contribution in [0.1, 0.15) is 23.7 Å². The fourth-order valence-corrected chi connectivity index (χ4v) is 4.80. The highest BCUT2D eigenvalue weighted by atomic mass is 16.5. The Hall–Kier alpha value is -3.50. The minimum Gasteiger partial charge on any atom is -0.379 e. The Morgan fingerprint density at radius 1 is 1.11 bits per heavy atom. The monoisotopic (exact) mass is 491 g/mol. The van der Waals surface area contributed by atoms with Crippen LogP contribution in [0.4, 0.5) is 5.82 Å². The molecule has 10 nitrogen and oxygen atoms in total. The molecule has 0 atom stereocenters. The topological polar surface area (TPSA) is 107 Å². The number of hydrogen-bond acceptors (Lipinski definition) is 7. The summed E-state index contributed by atoms with van der Waals surface area (Å²) in [6.45, 7) is 9.36. The molecule has 2 fully saturated rings. The molecule has 10 heteroatoms. The first-order valence-electron chi connectivity index (χ1n) is 12.6. The van der Waals surface area contributed by atoms with Gasteiger partial charge in [0.05, 0.1) is 24.5 Å². The van der Waals surface area contributed by atoms with E-state index in [0.29, 0.717) is 24.3 Å². The second kappa shape index (κ2) is 11.0. The van der Waals surface area contributed by atoms with Crippen LogP contribution in [-0.4, -0.2) is 102 Å². The smallest absolute Gasteiger partial charge is 0.252 e. The molecule has 0 radical (unpaired) electrons. The van der Waals surface area contributed by atoms with E-state index in [9.17, 15) is 9.59 Å². The molecule has 0 spiro atoms. The predicted molar refractivity (Wildman–Crippen MR) is 138 cm³/mol. The van der Waals surface area contributed by atoms with Crippen molar-refractivity contribution in [2.45, 2.75) is 13.3 Å². The number of morpholine rings is 1. The molecule has 2 saturated heterocycles. The van der Waals surface area contributed by atoms with Crippen LogP contribution in [0.2, 0.25) is 0 Å². The van der Waals surface area contributed by atoms with Crippen molar-refractivity contribution in [3.63, 3.8) is 0 Å². The van der Waals surface area contributed by atoms with Gasteiger partial charge < -0.3 is 24.8 Å². The summed E-state index contributed by atoms with van der Waals surface area (Å²) in [6, 6.07) is 7.86. The number of carbonyl (C=O) groups excluding carboxylic acids is 2. The van der Waals surface area contributed by atoms with Crippen molar-refractivity contribution in [2.24, 2.45) is 0 Å². The molecule has 5 heterocycles. The first-order valence-corrected chi connectivity index (χ1v) is 12.6. The summed E-state index contributed by atoms with van der Waals surface area (Å²) in [5, 5.41) is 3.87. The van der Waals surface area contributed by atoms with Gasteiger partial charge in [-0.3, -0.25) is 14.5 Å². The third-order valence-corrected chi connectivity index (χ3v) is 6.89. The average Bonchev–Trinajstić information content (AvgIpc) is 3.16. The molecule has 2 aliphatic heterocycles. The minimum absolute atomic E-state index is 0.116. The van der Waals surface area contributed by atoms with Crippen molar-refractivity contribution in [1.82, 2.24) is 30.1 Å². The van der Waals surface area contributed by atoms with Gasteiger partial charge in [0, 0.05) is 82.6 Å². The second-order valence-electron chi connectivity index (χ2n) is 9.26. The van der Waals surface area contributed by atoms with E-state index < -0.39 is 0 Å². The normalized spacial score (nSPS) is 17.2. The largest absolute Gasteiger partial charge is 0.379 e. The predicted octanol–water partition coefficient (Wildman–Crippen LogP) is 1.75. The first-order chi connectivity index (χ1) is 17.6. The molecule has 2 aliphatic rings. The van der Waals surface area contributed by atoms with Gasteiger partial charge in [0.1, 0.15) is 11.5 Å². The van der Waals surface area contributed by atoms with Gasteiger partial charge >= 0.3 is 0 Å². The molecule has 0 bridgehead atoms. The lowest BCUT2D eigenvalue weighted by Crippen LogP contribution is -2.41. The summed E-state index contributed by atoms with van der Waals surface area (Å²) in [7, 11) is 0. The van der Waals surface area contributed by atoms with Gasteiger partial charge in [-0.05, 0) is 24.6 Å². The van der Waals surface area contributed by atoms with Gasteiger partial charge in [0.2, 0.25) is 5.91 Å². The Morgan fingerprint density at radius 3 is 2.81 bits per heavy atom. The summed E-state index contributed by atoms with van der Waals surface area (Å²) in [6.07, 6.45) is 4.41. The zero-order valence-corrected chi connectivity index (χ0v) is 20.7. The highest BCUT2D eigenvalue weighted by Gasteiger charge is 2.19. The van der Waals surface area contributed by atoms with E-state index in [2.05, 4.69) is 25.1 Å². The fourth-order valence-electron chi connectivity index (χ4n) is 4.80. The molecule has 0 aliphatic carbocycles. The van der Waals surface area contributed by atoms with Gasteiger partial charge in [0.15, 0.2) is 0 Å². The standard InChI is InChI=1S/C26H33N7O3/c1-19(34)32-7-3-8-33(11-10-32)24-5-2-4-23(30-24)22-18-29-25-21(22)16-20(17-28-25)26(35)27-6-9-31-12-14-36-15-13-31/h2,4-5,16-18H,3,6-15H2,1H3,(H,27,35)(H,28,29). The maximum Gasteiger partial charge on any atom is 0.252 e. The molecule has 2 N–H and O–H groups in total. The van der Waals surface area contributed by atoms with E-state index >= 15 is 0 Å². The van der Waals surface area contributed by atoms with Crippen LogP contribution < -0.4 is 10.2 Å². The van der Waals surface area contributed by atoms with E-state index in [0.717, 1.165) is 81.4 Å². The number of nitrogens with one attached hydrogen (secondary N) is 2. The molecule has 0 saturated carbocycles. The highest BCUT2D eigenvalue weighted by molar-refractivity contribution is 6.00. The molecule has 0 unspecified atom stereocenters. The van der Waals surface area contributed by atoms with Gasteiger partial charge in [-0.15, -0.1) is 0 Å². The first kappa shape index (κ1) is 24.2. The summed E-state index contributed by atoms with van der Waals surface area (Å²) < 4.78 is 5.38. The van der Waals surface area contributed by atoms with Gasteiger partial charge in [-0.25, -0.2) is 9.97 Å². The SMILES string of the molecule is CC(=O)N1CCCN(c2cccc(-c3c[nH]c4ncc(C(=O)NCCN5CCOCC5)cc34)n2)CC1. The molecule has 0 aromatic carbocycles. The van der Waals surface area contributed by atoms with E-state index in [1.54, 1.807) is 13.1 Å². The lowest BCUT2D eigenvalue weighted by atomic mass is 10.1. The van der Waals surface area contributed by atoms with E-state index in [1.165, 1.54) is 0 Å². The number of rotatable bonds is 6. The number of hydrogen-bond donors (Lipinski definition) is 2. The van der Waals surface area contributed by atoms with Crippen LogP contribution in [-0.2, 0) is 9.53 Å². The Balaban J connectivity index is 1.30. The summed E-state index contributed by atoms with van der Waals surface area (Å²) >= 11 is 0. The Labute approximate surface area is 210 Å². The molecule has 5 rings (SSSR count). The zero-order valence-electron chi connectivity index (χ0n) is 20.7. The average molecular weight is 492 g/mol. The fraction of sp³-hybridized carbons (Fsp3) is 0.462. The second-order valence-corrected chi connectivity index (χ2v) is 9.26. The lowest BCUT2D eigenvalue weighted by molar-refractivity contribution is -0.128. The van der Waals surface area contributed by atoms with Crippen molar-refractivity contribution in [3.05, 3.63) is 42.2 Å². The van der Waals surface area contributed by atoms with Crippen LogP contribution in [0.15, 0.2) is 36.7 Å². The third kappa shape index (κ3) is 5.50. The van der Waals surface area contributed by atoms with Crippen LogP contribution >= 0.6 is 0 Å². The number of carbonyl (C=O) groups is 2. The van der Waals surface area contributed by atoms with E-state index in [4.69, 9.17) is 9.72 Å². The number of aromatic nitrogens is 3. The van der Waals surface area contributed by atoms with Crippen molar-refractivity contribution in [2.75, 3.05) is 70.5 Å². The van der Waals surface area contributed by atoms with E-state index in [1.807, 2.05) is 35.4 Å². The Morgan fingerprint density at radius 2 is 1.97 bits per heavy atom. The third-order valence-electron chi connectivity index (χ3n) is 6.89. The zero-order chi connectivity index (χ0) is 24.9. The van der Waals surface area contributed by atoms with Gasteiger partial charge in [-0.2, -0.15) is 0 Å². The lowest BCUT2D eigenvalue weighted by Gasteiger charge is -2.26.